The molecule has 1 aliphatic heterocycles. The number of benzene rings is 2. The van der Waals surface area contributed by atoms with E-state index in [0.29, 0.717) is 55.5 Å². The molecule has 9 heteroatoms. The van der Waals surface area contributed by atoms with Crippen molar-refractivity contribution in [3.8, 4) is 11.5 Å². The van der Waals surface area contributed by atoms with Crippen molar-refractivity contribution < 1.29 is 31.7 Å². The quantitative estimate of drug-likeness (QED) is 0.355. The molecule has 0 atom stereocenters. The second kappa shape index (κ2) is 11.0. The van der Waals surface area contributed by atoms with Crippen molar-refractivity contribution in [2.75, 3.05) is 27.4 Å². The Labute approximate surface area is 248 Å². The molecule has 42 heavy (non-hydrogen) atoms. The van der Waals surface area contributed by atoms with E-state index in [4.69, 9.17) is 13.7 Å². The van der Waals surface area contributed by atoms with Gasteiger partial charge in [-0.15, -0.1) is 0 Å². The van der Waals surface area contributed by atoms with Crippen LogP contribution in [-0.2, 0) is 24.4 Å². The lowest BCUT2D eigenvalue weighted by molar-refractivity contribution is -0.119. The molecular weight excluding hydrogens is 554 g/mol. The van der Waals surface area contributed by atoms with Gasteiger partial charge < -0.3 is 18.6 Å². The molecule has 0 saturated heterocycles. The van der Waals surface area contributed by atoms with Crippen LogP contribution in [0.15, 0.2) is 76.0 Å². The monoisotopic (exact) mass is 593 g/mol. The summed E-state index contributed by atoms with van der Waals surface area (Å²) in [6.45, 7) is 9.39. The van der Waals surface area contributed by atoms with Gasteiger partial charge in [-0.25, -0.2) is 0 Å². The Morgan fingerprint density at radius 1 is 0.810 bits per heavy atom. The van der Waals surface area contributed by atoms with Crippen molar-refractivity contribution in [2.45, 2.75) is 64.2 Å². The molecule has 0 spiro atoms. The smallest absolute Gasteiger partial charge is 0.339 e. The Balaban J connectivity index is 1.66. The highest BCUT2D eigenvalue weighted by Gasteiger charge is 2.49. The Morgan fingerprint density at radius 2 is 1.38 bits per heavy atom. The summed E-state index contributed by atoms with van der Waals surface area (Å²) < 4.78 is 42.5. The van der Waals surface area contributed by atoms with Gasteiger partial charge in [0, 0.05) is 55.0 Å². The van der Waals surface area contributed by atoms with Crippen molar-refractivity contribution in [1.82, 2.24) is 4.90 Å². The molecule has 0 N–H and O–H groups in total. The number of methoxy groups -OCH3 is 2. The lowest BCUT2D eigenvalue weighted by Gasteiger charge is -2.49. The number of allylic oxidation sites excluding steroid dienone is 4. The fourth-order valence-corrected chi connectivity index (χ4v) is 7.48. The second-order valence-corrected chi connectivity index (χ2v) is 14.5. The molecule has 2 aliphatic carbocycles. The molecule has 2 aromatic carbocycles. The molecule has 0 unspecified atom stereocenters. The van der Waals surface area contributed by atoms with Gasteiger partial charge in [0.05, 0.1) is 13.7 Å². The predicted octanol–water partition coefficient (Wildman–Crippen LogP) is 5.79. The summed E-state index contributed by atoms with van der Waals surface area (Å²) in [5.41, 5.74) is 3.35. The van der Waals surface area contributed by atoms with Gasteiger partial charge in [0.2, 0.25) is 0 Å². The molecule has 3 aliphatic rings. The minimum absolute atomic E-state index is 0.0174. The zero-order chi connectivity index (χ0) is 30.4. The van der Waals surface area contributed by atoms with E-state index in [0.717, 1.165) is 11.4 Å². The van der Waals surface area contributed by atoms with E-state index in [1.807, 2.05) is 0 Å². The molecule has 0 fully saturated rings. The third-order valence-corrected chi connectivity index (χ3v) is 9.54. The highest BCUT2D eigenvalue weighted by Crippen LogP contribution is 2.54. The van der Waals surface area contributed by atoms with E-state index < -0.39 is 16.0 Å². The van der Waals surface area contributed by atoms with E-state index in [1.165, 1.54) is 19.2 Å². The van der Waals surface area contributed by atoms with Gasteiger partial charge >= 0.3 is 10.1 Å². The van der Waals surface area contributed by atoms with Gasteiger partial charge in [-0.3, -0.25) is 9.59 Å². The Hall–Kier alpha value is -3.43. The Kier molecular flexibility index (Phi) is 7.87. The number of carbonyl (C=O) groups is 2. The summed E-state index contributed by atoms with van der Waals surface area (Å²) in [7, 11) is -1.02. The van der Waals surface area contributed by atoms with Crippen LogP contribution in [0.25, 0.3) is 0 Å². The lowest BCUT2D eigenvalue weighted by Crippen LogP contribution is -2.45. The maximum atomic E-state index is 13.9. The van der Waals surface area contributed by atoms with Crippen molar-refractivity contribution in [1.29, 1.82) is 0 Å². The third-order valence-electron chi connectivity index (χ3n) is 8.29. The fraction of sp³-hybridized carbons (Fsp3) is 0.455. The fourth-order valence-electron chi connectivity index (χ4n) is 6.52. The average molecular weight is 594 g/mol. The first kappa shape index (κ1) is 30.0. The molecule has 0 saturated carbocycles. The van der Waals surface area contributed by atoms with Crippen LogP contribution in [0.2, 0.25) is 0 Å². The SMILES string of the molecule is COCCN1C2=C(C(=O)CC(C)(C)C2)C(c2ccc(OS(=O)(=O)c3ccccc3)c(OC)c2)C2=C1CC(C)(C)CC2=O. The van der Waals surface area contributed by atoms with Crippen LogP contribution in [0.5, 0.6) is 11.5 Å². The molecule has 224 valence electrons. The first-order valence-electron chi connectivity index (χ1n) is 14.2. The van der Waals surface area contributed by atoms with Gasteiger partial charge in [0.1, 0.15) is 4.90 Å². The first-order valence-corrected chi connectivity index (χ1v) is 15.6. The van der Waals surface area contributed by atoms with Crippen LogP contribution in [0.1, 0.15) is 64.9 Å². The molecule has 0 aromatic heterocycles. The molecule has 1 heterocycles. The van der Waals surface area contributed by atoms with Gasteiger partial charge in [-0.2, -0.15) is 8.42 Å². The Bertz CT molecular complexity index is 1530. The van der Waals surface area contributed by atoms with Crippen molar-refractivity contribution in [3.63, 3.8) is 0 Å². The zero-order valence-corrected chi connectivity index (χ0v) is 26.0. The number of rotatable bonds is 8. The van der Waals surface area contributed by atoms with E-state index in [2.05, 4.69) is 32.6 Å². The number of nitrogens with zero attached hydrogens (tertiary/aromatic N) is 1. The van der Waals surface area contributed by atoms with E-state index in [1.54, 1.807) is 43.5 Å². The molecule has 0 bridgehead atoms. The first-order chi connectivity index (χ1) is 19.8. The standard InChI is InChI=1S/C33H39NO7S/c1-32(2)17-23-30(25(35)19-32)29(31-24(34(23)14-15-39-5)18-33(3,4)20-26(31)36)21-12-13-27(28(16-21)40-6)41-42(37,38)22-10-8-7-9-11-22/h7-13,16,29H,14-15,17-20H2,1-6H3. The second-order valence-electron chi connectivity index (χ2n) is 12.9. The summed E-state index contributed by atoms with van der Waals surface area (Å²) in [4.78, 5) is 30.1. The van der Waals surface area contributed by atoms with Gasteiger partial charge in [0.25, 0.3) is 0 Å². The van der Waals surface area contributed by atoms with Crippen LogP contribution in [0, 0.1) is 10.8 Å². The molecule has 8 nitrogen and oxygen atoms in total. The average Bonchev–Trinajstić information content (AvgIpc) is 2.91. The maximum absolute atomic E-state index is 13.9. The van der Waals surface area contributed by atoms with E-state index in [9.17, 15) is 18.0 Å². The number of hydrogen-bond donors (Lipinski definition) is 0. The topological polar surface area (TPSA) is 99.2 Å². The zero-order valence-electron chi connectivity index (χ0n) is 25.2. The molecule has 0 amide bonds. The van der Waals surface area contributed by atoms with Crippen molar-refractivity contribution in [2.24, 2.45) is 10.8 Å². The van der Waals surface area contributed by atoms with Crippen LogP contribution >= 0.6 is 0 Å². The largest absolute Gasteiger partial charge is 0.493 e. The highest BCUT2D eigenvalue weighted by atomic mass is 32.2. The summed E-state index contributed by atoms with van der Waals surface area (Å²) in [6, 6.07) is 12.9. The maximum Gasteiger partial charge on any atom is 0.339 e. The van der Waals surface area contributed by atoms with Crippen LogP contribution in [-0.4, -0.2) is 52.3 Å². The molecule has 5 rings (SSSR count). The third kappa shape index (κ3) is 5.64. The minimum Gasteiger partial charge on any atom is -0.493 e. The molecular formula is C33H39NO7S. The summed E-state index contributed by atoms with van der Waals surface area (Å²) in [5.74, 6) is -0.328. The Morgan fingerprint density at radius 3 is 1.90 bits per heavy atom. The lowest BCUT2D eigenvalue weighted by atomic mass is 9.63. The number of carbonyl (C=O) groups excluding carboxylic acids is 2. The summed E-state index contributed by atoms with van der Waals surface area (Å²) in [6.07, 6.45) is 2.12. The van der Waals surface area contributed by atoms with Crippen LogP contribution in [0.4, 0.5) is 0 Å². The van der Waals surface area contributed by atoms with Crippen LogP contribution < -0.4 is 8.92 Å². The molecule has 0 radical (unpaired) electrons. The predicted molar refractivity (Wildman–Crippen MR) is 159 cm³/mol. The summed E-state index contributed by atoms with van der Waals surface area (Å²) in [5, 5.41) is 0. The van der Waals surface area contributed by atoms with Crippen LogP contribution in [0.3, 0.4) is 0 Å². The van der Waals surface area contributed by atoms with E-state index in [-0.39, 0.29) is 38.8 Å². The van der Waals surface area contributed by atoms with Gasteiger partial charge in [0.15, 0.2) is 23.1 Å². The van der Waals surface area contributed by atoms with E-state index >= 15 is 0 Å². The highest BCUT2D eigenvalue weighted by molar-refractivity contribution is 7.87. The minimum atomic E-state index is -4.11. The van der Waals surface area contributed by atoms with Crippen molar-refractivity contribution in [3.05, 3.63) is 76.6 Å². The number of hydrogen-bond acceptors (Lipinski definition) is 8. The molecule has 2 aromatic rings. The number of ketones is 2. The van der Waals surface area contributed by atoms with Crippen molar-refractivity contribution >= 4 is 21.7 Å². The number of Topliss-reactive ketones (excluding diaryl/α,β-unsaturated/α-hetero) is 2. The van der Waals surface area contributed by atoms with Gasteiger partial charge in [-0.05, 0) is 53.5 Å². The van der Waals surface area contributed by atoms with Gasteiger partial charge in [-0.1, -0.05) is 52.0 Å². The normalized spacial score (nSPS) is 20.4. The number of ether oxygens (including phenoxy) is 2. The summed E-state index contributed by atoms with van der Waals surface area (Å²) >= 11 is 0.